The number of benzene rings is 2. The Hall–Kier alpha value is -4.19. The molecule has 2 aliphatic rings. The standard InChI is InChI=1S/C24H19FN6O2/c1-30(21-10-33-22-5-12(2-3-14(21)22)15-4-13(15)8-26)24(32)16-6-19-18(7-17(16)25)29-23(27)20-9-28-11-31(19)20/h2-3,5-7,9,11,13,15,21H,4,10H2,1H3,(H2,27,29)/t13-,15-,21+/m0/s1. The number of fused-ring (bicyclic) bond motifs is 4. The van der Waals surface area contributed by atoms with E-state index in [-0.39, 0.29) is 35.9 Å². The number of likely N-dealkylation sites (N-methyl/N-ethyl adjacent to an activating group) is 1. The van der Waals surface area contributed by atoms with Gasteiger partial charge in [0.2, 0.25) is 0 Å². The lowest BCUT2D eigenvalue weighted by Gasteiger charge is -2.24. The van der Waals surface area contributed by atoms with Gasteiger partial charge in [0, 0.05) is 24.6 Å². The molecule has 0 radical (unpaired) electrons. The van der Waals surface area contributed by atoms with Crippen molar-refractivity contribution in [2.75, 3.05) is 19.4 Å². The summed E-state index contributed by atoms with van der Waals surface area (Å²) >= 11 is 0. The topological polar surface area (TPSA) is 110 Å². The molecule has 2 aromatic heterocycles. The van der Waals surface area contributed by atoms with E-state index in [1.54, 1.807) is 24.0 Å². The molecule has 9 heteroatoms. The molecule has 0 bridgehead atoms. The maximum atomic E-state index is 15.0. The number of rotatable bonds is 3. The maximum Gasteiger partial charge on any atom is 0.257 e. The lowest BCUT2D eigenvalue weighted by atomic mass is 10.0. The number of aromatic nitrogens is 3. The summed E-state index contributed by atoms with van der Waals surface area (Å²) in [6, 6.07) is 10.5. The van der Waals surface area contributed by atoms with E-state index in [0.717, 1.165) is 17.5 Å². The third-order valence-electron chi connectivity index (χ3n) is 6.66. The van der Waals surface area contributed by atoms with Crippen molar-refractivity contribution in [1.82, 2.24) is 19.3 Å². The zero-order valence-corrected chi connectivity index (χ0v) is 17.7. The summed E-state index contributed by atoms with van der Waals surface area (Å²) in [5.74, 6) is 0.124. The van der Waals surface area contributed by atoms with Gasteiger partial charge in [-0.3, -0.25) is 9.20 Å². The Labute approximate surface area is 188 Å². The molecule has 4 aromatic rings. The molecular formula is C24H19FN6O2. The summed E-state index contributed by atoms with van der Waals surface area (Å²) in [6.07, 6.45) is 3.99. The van der Waals surface area contributed by atoms with Crippen molar-refractivity contribution in [2.24, 2.45) is 5.92 Å². The molecule has 33 heavy (non-hydrogen) atoms. The first-order chi connectivity index (χ1) is 16.0. The van der Waals surface area contributed by atoms with Gasteiger partial charge in [-0.25, -0.2) is 14.4 Å². The number of amides is 1. The molecule has 1 aliphatic carbocycles. The summed E-state index contributed by atoms with van der Waals surface area (Å²) in [5, 5.41) is 9.09. The van der Waals surface area contributed by atoms with Crippen LogP contribution < -0.4 is 10.5 Å². The normalized spacial score (nSPS) is 20.9. The molecule has 1 aliphatic heterocycles. The smallest absolute Gasteiger partial charge is 0.257 e. The second-order valence-corrected chi connectivity index (χ2v) is 8.58. The monoisotopic (exact) mass is 442 g/mol. The van der Waals surface area contributed by atoms with Crippen LogP contribution in [-0.2, 0) is 0 Å². The summed E-state index contributed by atoms with van der Waals surface area (Å²) < 4.78 is 22.5. The minimum absolute atomic E-state index is 0.0622. The van der Waals surface area contributed by atoms with Gasteiger partial charge in [0.15, 0.2) is 0 Å². The molecule has 3 atom stereocenters. The highest BCUT2D eigenvalue weighted by Crippen LogP contribution is 2.49. The quantitative estimate of drug-likeness (QED) is 0.521. The van der Waals surface area contributed by atoms with Gasteiger partial charge < -0.3 is 15.4 Å². The molecule has 6 rings (SSSR count). The minimum atomic E-state index is -0.670. The highest BCUT2D eigenvalue weighted by molar-refractivity contribution is 5.98. The van der Waals surface area contributed by atoms with Crippen LogP contribution in [0, 0.1) is 23.1 Å². The molecule has 3 heterocycles. The zero-order valence-electron chi connectivity index (χ0n) is 17.7. The van der Waals surface area contributed by atoms with Gasteiger partial charge in [0.05, 0.1) is 47.1 Å². The van der Waals surface area contributed by atoms with Crippen LogP contribution in [0.1, 0.15) is 39.9 Å². The first kappa shape index (κ1) is 19.5. The molecule has 2 N–H and O–H groups in total. The van der Waals surface area contributed by atoms with Crippen LogP contribution in [0.2, 0.25) is 0 Å². The number of carbonyl (C=O) groups excluding carboxylic acids is 1. The van der Waals surface area contributed by atoms with E-state index in [9.17, 15) is 9.18 Å². The van der Waals surface area contributed by atoms with Gasteiger partial charge >= 0.3 is 0 Å². The van der Waals surface area contributed by atoms with E-state index >= 15 is 0 Å². The van der Waals surface area contributed by atoms with Crippen molar-refractivity contribution in [3.63, 3.8) is 0 Å². The number of carbonyl (C=O) groups is 1. The molecule has 0 saturated heterocycles. The number of ether oxygens (including phenoxy) is 1. The molecular weight excluding hydrogens is 423 g/mol. The minimum Gasteiger partial charge on any atom is -0.491 e. The van der Waals surface area contributed by atoms with Crippen molar-refractivity contribution in [1.29, 1.82) is 5.26 Å². The second-order valence-electron chi connectivity index (χ2n) is 8.58. The van der Waals surface area contributed by atoms with E-state index in [1.165, 1.54) is 17.0 Å². The van der Waals surface area contributed by atoms with Gasteiger partial charge in [-0.15, -0.1) is 0 Å². The van der Waals surface area contributed by atoms with Crippen LogP contribution in [0.15, 0.2) is 42.9 Å². The molecule has 1 amide bonds. The number of hydrogen-bond acceptors (Lipinski definition) is 6. The fraction of sp³-hybridized carbons (Fsp3) is 0.250. The van der Waals surface area contributed by atoms with E-state index in [4.69, 9.17) is 15.7 Å². The van der Waals surface area contributed by atoms with E-state index in [1.807, 2.05) is 18.2 Å². The third kappa shape index (κ3) is 2.91. The number of nitrogen functional groups attached to an aromatic ring is 1. The Morgan fingerprint density at radius 1 is 1.33 bits per heavy atom. The SMILES string of the molecule is CN(C(=O)c1cc2c(cc1F)nc(N)c1cncn12)[C@@H]1COc2cc([C@@H]3C[C@H]3C#N)ccc21. The number of nitriles is 1. The van der Waals surface area contributed by atoms with Crippen LogP contribution >= 0.6 is 0 Å². The fourth-order valence-corrected chi connectivity index (χ4v) is 4.66. The predicted octanol–water partition coefficient (Wildman–Crippen LogP) is 3.44. The summed E-state index contributed by atoms with van der Waals surface area (Å²) in [5.41, 5.74) is 9.29. The summed E-state index contributed by atoms with van der Waals surface area (Å²) in [6.45, 7) is 0.284. The maximum absolute atomic E-state index is 15.0. The highest BCUT2D eigenvalue weighted by atomic mass is 19.1. The Bertz CT molecular complexity index is 1510. The van der Waals surface area contributed by atoms with E-state index in [0.29, 0.717) is 22.3 Å². The lowest BCUT2D eigenvalue weighted by molar-refractivity contribution is 0.0704. The number of nitrogens with zero attached hydrogens (tertiary/aromatic N) is 5. The predicted molar refractivity (Wildman–Crippen MR) is 118 cm³/mol. The third-order valence-corrected chi connectivity index (χ3v) is 6.66. The lowest BCUT2D eigenvalue weighted by Crippen LogP contribution is -2.32. The first-order valence-electron chi connectivity index (χ1n) is 10.6. The first-order valence-corrected chi connectivity index (χ1v) is 10.6. The van der Waals surface area contributed by atoms with Crippen LogP contribution in [0.25, 0.3) is 16.6 Å². The molecule has 1 fully saturated rings. The highest BCUT2D eigenvalue weighted by Gasteiger charge is 2.40. The Balaban J connectivity index is 1.34. The molecule has 0 spiro atoms. The molecule has 164 valence electrons. The largest absolute Gasteiger partial charge is 0.491 e. The number of imidazole rings is 1. The van der Waals surface area contributed by atoms with Crippen molar-refractivity contribution < 1.29 is 13.9 Å². The average molecular weight is 442 g/mol. The van der Waals surface area contributed by atoms with Gasteiger partial charge in [0.25, 0.3) is 5.91 Å². The van der Waals surface area contributed by atoms with E-state index in [2.05, 4.69) is 16.0 Å². The number of anilines is 1. The van der Waals surface area contributed by atoms with Crippen molar-refractivity contribution in [3.05, 3.63) is 65.4 Å². The van der Waals surface area contributed by atoms with Gasteiger partial charge in [0.1, 0.15) is 29.5 Å². The Morgan fingerprint density at radius 2 is 2.18 bits per heavy atom. The van der Waals surface area contributed by atoms with Crippen LogP contribution in [0.4, 0.5) is 10.2 Å². The second kappa shape index (κ2) is 6.90. The molecule has 8 nitrogen and oxygen atoms in total. The number of halogens is 1. The number of hydrogen-bond donors (Lipinski definition) is 1. The van der Waals surface area contributed by atoms with Gasteiger partial charge in [-0.2, -0.15) is 5.26 Å². The van der Waals surface area contributed by atoms with Gasteiger partial charge in [-0.1, -0.05) is 12.1 Å². The average Bonchev–Trinajstić information content (AvgIpc) is 3.22. The van der Waals surface area contributed by atoms with Crippen molar-refractivity contribution >= 4 is 28.3 Å². The molecule has 0 unspecified atom stereocenters. The van der Waals surface area contributed by atoms with Crippen LogP contribution in [0.3, 0.4) is 0 Å². The summed E-state index contributed by atoms with van der Waals surface area (Å²) in [7, 11) is 1.64. The summed E-state index contributed by atoms with van der Waals surface area (Å²) in [4.78, 5) is 23.2. The van der Waals surface area contributed by atoms with Crippen molar-refractivity contribution in [2.45, 2.75) is 18.4 Å². The number of nitrogens with two attached hydrogens (primary N) is 1. The van der Waals surface area contributed by atoms with Crippen LogP contribution in [0.5, 0.6) is 5.75 Å². The van der Waals surface area contributed by atoms with Gasteiger partial charge in [-0.05, 0) is 24.1 Å². The zero-order chi connectivity index (χ0) is 22.9. The van der Waals surface area contributed by atoms with E-state index < -0.39 is 11.7 Å². The van der Waals surface area contributed by atoms with Crippen LogP contribution in [-0.4, -0.2) is 38.8 Å². The molecule has 2 aromatic carbocycles. The Kier molecular flexibility index (Phi) is 4.08. The Morgan fingerprint density at radius 3 is 2.97 bits per heavy atom. The molecule has 1 saturated carbocycles. The van der Waals surface area contributed by atoms with Crippen molar-refractivity contribution in [3.8, 4) is 11.8 Å². The fourth-order valence-electron chi connectivity index (χ4n) is 4.66.